The van der Waals surface area contributed by atoms with Gasteiger partial charge in [0.2, 0.25) is 0 Å². The van der Waals surface area contributed by atoms with Gasteiger partial charge in [-0.05, 0) is 6.92 Å². The zero-order valence-electron chi connectivity index (χ0n) is 4.44. The van der Waals surface area contributed by atoms with E-state index in [2.05, 4.69) is 4.58 Å². The molecule has 0 bridgehead atoms. The molecule has 48 valence electrons. The fourth-order valence-electron chi connectivity index (χ4n) is 0.158. The molecule has 0 fully saturated rings. The lowest BCUT2D eigenvalue weighted by molar-refractivity contribution is -1.04. The Labute approximate surface area is 46.6 Å². The van der Waals surface area contributed by atoms with Gasteiger partial charge in [0.15, 0.2) is 6.29 Å². The summed E-state index contributed by atoms with van der Waals surface area (Å²) in [6, 6.07) is 0. The van der Waals surface area contributed by atoms with Crippen LogP contribution >= 0.6 is 0 Å². The third kappa shape index (κ3) is 2.54. The van der Waals surface area contributed by atoms with Crippen molar-refractivity contribution in [3.8, 4) is 0 Å². The highest BCUT2D eigenvalue weighted by Gasteiger charge is 2.12. The van der Waals surface area contributed by atoms with Crippen LogP contribution in [-0.4, -0.2) is 22.8 Å². The smallest absolute Gasteiger partial charge is 0.326 e. The zero-order chi connectivity index (χ0) is 6.57. The molecule has 0 aliphatic carbocycles. The number of aldehydes is 1. The summed E-state index contributed by atoms with van der Waals surface area (Å²) >= 11 is 0. The van der Waals surface area contributed by atoms with Crippen molar-refractivity contribution in [1.29, 1.82) is 0 Å². The lowest BCUT2D eigenvalue weighted by Gasteiger charge is -1.99. The average Bonchev–Trinajstić information content (AvgIpc) is 1.67. The van der Waals surface area contributed by atoms with Gasteiger partial charge in [-0.2, -0.15) is 4.58 Å². The van der Waals surface area contributed by atoms with Crippen molar-refractivity contribution in [2.75, 3.05) is 0 Å². The number of hydrogen-bond donors (Lipinski definition) is 2. The molecule has 0 aliphatic heterocycles. The molecule has 0 rings (SSSR count). The summed E-state index contributed by atoms with van der Waals surface area (Å²) in [5, 5.41) is 25.8. The van der Waals surface area contributed by atoms with Gasteiger partial charge in [0.05, 0.1) is 0 Å². The maximum Gasteiger partial charge on any atom is 0.326 e. The monoisotopic (exact) mass is 120 g/mol. The van der Waals surface area contributed by atoms with E-state index in [-0.39, 0.29) is 0 Å². The van der Waals surface area contributed by atoms with Gasteiger partial charge in [-0.15, -0.1) is 0 Å². The molecule has 1 atom stereocenters. The van der Waals surface area contributed by atoms with Gasteiger partial charge in [0.1, 0.15) is 5.92 Å². The van der Waals surface area contributed by atoms with Crippen molar-refractivity contribution in [3.05, 3.63) is 0 Å². The Morgan fingerprint density at radius 2 is 2.12 bits per heavy atom. The van der Waals surface area contributed by atoms with Crippen molar-refractivity contribution in [2.24, 2.45) is 5.92 Å². The Morgan fingerprint density at radius 1 is 1.62 bits per heavy atom. The van der Waals surface area contributed by atoms with E-state index in [0.717, 1.165) is 6.29 Å². The number of aliphatic hydroxyl groups is 2. The summed E-state index contributed by atoms with van der Waals surface area (Å²) in [5.41, 5.74) is 0. The van der Waals surface area contributed by atoms with Gasteiger partial charge in [-0.3, -0.25) is 0 Å². The number of hydrogen-bond acceptors (Lipinski definition) is 3. The highest BCUT2D eigenvalue weighted by Crippen LogP contribution is 1.92. The summed E-state index contributed by atoms with van der Waals surface area (Å²) in [5.74, 6) is -0.632. The lowest BCUT2D eigenvalue weighted by atomic mass is 10.2. The second-order valence-electron chi connectivity index (χ2n) is 1.51. The second kappa shape index (κ2) is 3.40. The first-order valence-electron chi connectivity index (χ1n) is 2.16. The molecular formula is C4H8O4. The number of rotatable bonds is 2. The second-order valence-corrected chi connectivity index (χ2v) is 1.51. The third-order valence-corrected chi connectivity index (χ3v) is 0.740. The molecule has 0 saturated heterocycles. The molecule has 4 nitrogen and oxygen atoms in total. The predicted molar refractivity (Wildman–Crippen MR) is 23.5 cm³/mol. The van der Waals surface area contributed by atoms with E-state index in [4.69, 9.17) is 10.2 Å². The van der Waals surface area contributed by atoms with Gasteiger partial charge >= 0.3 is 6.29 Å². The molecule has 0 saturated carbocycles. The van der Waals surface area contributed by atoms with Gasteiger partial charge in [0, 0.05) is 0 Å². The van der Waals surface area contributed by atoms with E-state index in [1.54, 1.807) is 0 Å². The molecule has 8 heavy (non-hydrogen) atoms. The largest absolute Gasteiger partial charge is 0.463 e. The Kier molecular flexibility index (Phi) is 3.14. The molecule has 0 aromatic rings. The van der Waals surface area contributed by atoms with Crippen LogP contribution in [0.25, 0.3) is 0 Å². The van der Waals surface area contributed by atoms with E-state index in [1.165, 1.54) is 6.92 Å². The van der Waals surface area contributed by atoms with Crippen LogP contribution in [-0.2, 0) is 4.58 Å². The number of aliphatic hydroxyl groups excluding tert-OH is 1. The van der Waals surface area contributed by atoms with Crippen LogP contribution < -0.4 is 5.26 Å². The minimum Gasteiger partial charge on any atom is -0.463 e. The van der Waals surface area contributed by atoms with Crippen LogP contribution in [0, 0.1) is 5.92 Å². The highest BCUT2D eigenvalue weighted by molar-refractivity contribution is 5.53. The van der Waals surface area contributed by atoms with Crippen molar-refractivity contribution in [3.63, 3.8) is 0 Å². The van der Waals surface area contributed by atoms with E-state index in [9.17, 15) is 5.26 Å². The molecule has 0 spiro atoms. The normalized spacial score (nSPS) is 15.5. The van der Waals surface area contributed by atoms with Crippen LogP contribution in [0.3, 0.4) is 0 Å². The fourth-order valence-corrected chi connectivity index (χ4v) is 0.158. The highest BCUT2D eigenvalue weighted by atomic mass is 17.1. The van der Waals surface area contributed by atoms with Crippen molar-refractivity contribution in [1.82, 2.24) is 0 Å². The van der Waals surface area contributed by atoms with E-state index in [1.807, 2.05) is 0 Å². The summed E-state index contributed by atoms with van der Waals surface area (Å²) in [7, 11) is 0. The first-order valence-corrected chi connectivity index (χ1v) is 2.16. The Hall–Kier alpha value is -0.610. The van der Waals surface area contributed by atoms with Gasteiger partial charge in [-0.25, -0.2) is 0 Å². The molecule has 0 aromatic carbocycles. The molecule has 0 amide bonds. The summed E-state index contributed by atoms with van der Waals surface area (Å²) in [6.45, 7) is 1.45. The first kappa shape index (κ1) is 7.39. The average molecular weight is 120 g/mol. The van der Waals surface area contributed by atoms with Crippen molar-refractivity contribution < 1.29 is 20.0 Å². The first-order chi connectivity index (χ1) is 3.68. The van der Waals surface area contributed by atoms with Crippen LogP contribution in [0.4, 0.5) is 0 Å². The van der Waals surface area contributed by atoms with Crippen LogP contribution in [0.5, 0.6) is 0 Å². The van der Waals surface area contributed by atoms with Gasteiger partial charge in [0.25, 0.3) is 0 Å². The minimum atomic E-state index is -1.51. The lowest BCUT2D eigenvalue weighted by Crippen LogP contribution is -2.19. The Bertz CT molecular complexity index is 78.1. The maximum atomic E-state index is 9.27. The Morgan fingerprint density at radius 3 is 2.25 bits per heavy atom. The minimum absolute atomic E-state index is 0.632. The van der Waals surface area contributed by atoms with E-state index < -0.39 is 12.2 Å². The number of carbonyl (C=O) groups excluding carboxylic acids is 1. The van der Waals surface area contributed by atoms with Crippen LogP contribution in [0.2, 0.25) is 0 Å². The van der Waals surface area contributed by atoms with Gasteiger partial charge in [-0.1, -0.05) is 0 Å². The summed E-state index contributed by atoms with van der Waals surface area (Å²) in [6.07, 6.45) is -0.700. The zero-order valence-corrected chi connectivity index (χ0v) is 4.44. The predicted octanol–water partition coefficient (Wildman–Crippen LogP) is -2.06. The topological polar surface area (TPSA) is 74.8 Å². The van der Waals surface area contributed by atoms with Crippen LogP contribution in [0.1, 0.15) is 6.92 Å². The summed E-state index contributed by atoms with van der Waals surface area (Å²) < 4.78 is 3.27. The SMILES string of the molecule is CC(C=[O+][O-])C(O)O. The van der Waals surface area contributed by atoms with E-state index in [0.29, 0.717) is 0 Å². The van der Waals surface area contributed by atoms with Gasteiger partial charge < -0.3 is 15.5 Å². The van der Waals surface area contributed by atoms with E-state index >= 15 is 0 Å². The molecule has 0 aromatic heterocycles. The Balaban J connectivity index is 3.47. The molecule has 0 heterocycles. The molecule has 1 unspecified atom stereocenters. The van der Waals surface area contributed by atoms with Crippen molar-refractivity contribution in [2.45, 2.75) is 13.2 Å². The third-order valence-electron chi connectivity index (χ3n) is 0.740. The molecule has 0 aliphatic rings. The molecular weight excluding hydrogens is 112 g/mol. The summed E-state index contributed by atoms with van der Waals surface area (Å²) in [4.78, 5) is 0. The quantitative estimate of drug-likeness (QED) is 0.145. The maximum absolute atomic E-state index is 9.27. The standard InChI is InChI=1S/C4H8O4/c1-3(2-8-7)4(5)6/h2-6H,1H3. The molecule has 4 heteroatoms. The van der Waals surface area contributed by atoms with Crippen molar-refractivity contribution >= 4 is 6.29 Å². The molecule has 0 radical (unpaired) electrons. The van der Waals surface area contributed by atoms with Crippen LogP contribution in [0.15, 0.2) is 0 Å². The fraction of sp³-hybridized carbons (Fsp3) is 0.750. The molecule has 2 N–H and O–H groups in total.